The van der Waals surface area contributed by atoms with Crippen LogP contribution in [0.3, 0.4) is 0 Å². The van der Waals surface area contributed by atoms with Crippen molar-refractivity contribution < 1.29 is 19.1 Å². The minimum atomic E-state index is -0.935. The fraction of sp³-hybridized carbons (Fsp3) is 0.259. The Bertz CT molecular complexity index is 1010. The van der Waals surface area contributed by atoms with Crippen LogP contribution in [0.4, 0.5) is 0 Å². The highest BCUT2D eigenvalue weighted by Gasteiger charge is 2.47. The van der Waals surface area contributed by atoms with Crippen LogP contribution in [0.5, 0.6) is 0 Å². The quantitative estimate of drug-likeness (QED) is 0.556. The Morgan fingerprint density at radius 1 is 0.875 bits per heavy atom. The van der Waals surface area contributed by atoms with Crippen molar-refractivity contribution in [3.8, 4) is 0 Å². The van der Waals surface area contributed by atoms with E-state index in [1.807, 2.05) is 105 Å². The molecule has 32 heavy (non-hydrogen) atoms. The molecule has 1 aliphatic heterocycles. The molecule has 1 heterocycles. The molecule has 0 amide bonds. The van der Waals surface area contributed by atoms with Crippen LogP contribution in [0, 0.1) is 5.41 Å². The van der Waals surface area contributed by atoms with Crippen LogP contribution in [-0.4, -0.2) is 24.6 Å². The predicted molar refractivity (Wildman–Crippen MR) is 122 cm³/mol. The van der Waals surface area contributed by atoms with E-state index in [2.05, 4.69) is 5.32 Å². The molecule has 0 spiro atoms. The Kier molecular flexibility index (Phi) is 6.37. The fourth-order valence-electron chi connectivity index (χ4n) is 3.91. The van der Waals surface area contributed by atoms with E-state index in [1.165, 1.54) is 0 Å². The van der Waals surface area contributed by atoms with Crippen molar-refractivity contribution in [2.24, 2.45) is 5.41 Å². The summed E-state index contributed by atoms with van der Waals surface area (Å²) in [7, 11) is 0. The van der Waals surface area contributed by atoms with Crippen molar-refractivity contribution >= 4 is 11.9 Å². The molecular weight excluding hydrogens is 402 g/mol. The van der Waals surface area contributed by atoms with E-state index < -0.39 is 29.5 Å². The van der Waals surface area contributed by atoms with Gasteiger partial charge in [-0.1, -0.05) is 105 Å². The van der Waals surface area contributed by atoms with Crippen molar-refractivity contribution in [2.45, 2.75) is 32.0 Å². The Hall–Kier alpha value is -3.44. The lowest BCUT2D eigenvalue weighted by Gasteiger charge is -2.28. The highest BCUT2D eigenvalue weighted by Crippen LogP contribution is 2.33. The van der Waals surface area contributed by atoms with Gasteiger partial charge in [-0.05, 0) is 16.7 Å². The van der Waals surface area contributed by atoms with Gasteiger partial charge in [0.25, 0.3) is 0 Å². The van der Waals surface area contributed by atoms with Crippen molar-refractivity contribution in [1.29, 1.82) is 0 Å². The number of hydrogen-bond donors (Lipinski definition) is 1. The summed E-state index contributed by atoms with van der Waals surface area (Å²) < 4.78 is 10.9. The Labute approximate surface area is 188 Å². The third-order valence-corrected chi connectivity index (χ3v) is 5.71. The van der Waals surface area contributed by atoms with Crippen LogP contribution in [0.1, 0.15) is 42.6 Å². The zero-order valence-corrected chi connectivity index (χ0v) is 18.2. The highest BCUT2D eigenvalue weighted by molar-refractivity contribution is 5.84. The highest BCUT2D eigenvalue weighted by atomic mass is 16.6. The molecule has 0 radical (unpaired) electrons. The SMILES string of the molecule is CC1(C)COC(=O)[C@@H]1OC(=O)[C@@H](NC(c1ccccc1)c1ccccc1)c1ccccc1. The van der Waals surface area contributed by atoms with Crippen molar-refractivity contribution in [2.75, 3.05) is 6.61 Å². The molecule has 4 rings (SSSR count). The summed E-state index contributed by atoms with van der Waals surface area (Å²) >= 11 is 0. The topological polar surface area (TPSA) is 64.6 Å². The zero-order chi connectivity index (χ0) is 22.6. The average molecular weight is 430 g/mol. The number of cyclic esters (lactones) is 1. The first-order valence-corrected chi connectivity index (χ1v) is 10.7. The van der Waals surface area contributed by atoms with E-state index in [1.54, 1.807) is 0 Å². The van der Waals surface area contributed by atoms with Gasteiger partial charge in [-0.3, -0.25) is 5.32 Å². The van der Waals surface area contributed by atoms with E-state index in [-0.39, 0.29) is 12.6 Å². The molecule has 0 unspecified atom stereocenters. The second-order valence-electron chi connectivity index (χ2n) is 8.68. The third kappa shape index (κ3) is 4.73. The second-order valence-corrected chi connectivity index (χ2v) is 8.68. The van der Waals surface area contributed by atoms with Crippen LogP contribution in [-0.2, 0) is 19.1 Å². The molecule has 0 saturated carbocycles. The summed E-state index contributed by atoms with van der Waals surface area (Å²) in [4.78, 5) is 25.7. The first-order valence-electron chi connectivity index (χ1n) is 10.7. The maximum atomic E-state index is 13.4. The molecule has 3 aromatic carbocycles. The number of ether oxygens (including phenoxy) is 2. The van der Waals surface area contributed by atoms with E-state index in [9.17, 15) is 9.59 Å². The number of carbonyl (C=O) groups is 2. The smallest absolute Gasteiger partial charge is 0.348 e. The zero-order valence-electron chi connectivity index (χ0n) is 18.2. The number of esters is 2. The summed E-state index contributed by atoms with van der Waals surface area (Å²) in [6.07, 6.45) is -0.935. The summed E-state index contributed by atoms with van der Waals surface area (Å²) in [5, 5.41) is 3.49. The van der Waals surface area contributed by atoms with E-state index >= 15 is 0 Å². The minimum Gasteiger partial charge on any atom is -0.462 e. The molecule has 1 N–H and O–H groups in total. The normalized spacial score (nSPS) is 18.2. The van der Waals surface area contributed by atoms with Crippen molar-refractivity contribution in [1.82, 2.24) is 5.32 Å². The molecule has 164 valence electrons. The number of benzene rings is 3. The molecule has 2 atom stereocenters. The van der Waals surface area contributed by atoms with Gasteiger partial charge in [0.05, 0.1) is 6.04 Å². The van der Waals surface area contributed by atoms with Crippen LogP contribution in [0.15, 0.2) is 91.0 Å². The van der Waals surface area contributed by atoms with Gasteiger partial charge in [0.2, 0.25) is 6.10 Å². The van der Waals surface area contributed by atoms with Gasteiger partial charge in [-0.15, -0.1) is 0 Å². The molecule has 5 nitrogen and oxygen atoms in total. The lowest BCUT2D eigenvalue weighted by atomic mass is 9.89. The lowest BCUT2D eigenvalue weighted by Crippen LogP contribution is -2.40. The number of nitrogens with one attached hydrogen (secondary N) is 1. The Morgan fingerprint density at radius 3 is 1.78 bits per heavy atom. The maximum Gasteiger partial charge on any atom is 0.348 e. The largest absolute Gasteiger partial charge is 0.462 e. The van der Waals surface area contributed by atoms with Crippen molar-refractivity contribution in [3.05, 3.63) is 108 Å². The lowest BCUT2D eigenvalue weighted by molar-refractivity contribution is -0.165. The summed E-state index contributed by atoms with van der Waals surface area (Å²) in [5.41, 5.74) is 2.23. The molecule has 1 aliphatic rings. The maximum absolute atomic E-state index is 13.4. The van der Waals surface area contributed by atoms with Crippen LogP contribution >= 0.6 is 0 Å². The monoisotopic (exact) mass is 429 g/mol. The van der Waals surface area contributed by atoms with Gasteiger partial charge < -0.3 is 9.47 Å². The summed E-state index contributed by atoms with van der Waals surface area (Å²) in [6.45, 7) is 3.94. The molecule has 1 saturated heterocycles. The van der Waals surface area contributed by atoms with Crippen molar-refractivity contribution in [3.63, 3.8) is 0 Å². The van der Waals surface area contributed by atoms with Crippen LogP contribution in [0.2, 0.25) is 0 Å². The van der Waals surface area contributed by atoms with Crippen LogP contribution < -0.4 is 5.32 Å². The first kappa shape index (κ1) is 21.8. The molecular formula is C27H27NO4. The Morgan fingerprint density at radius 2 is 1.34 bits per heavy atom. The van der Waals surface area contributed by atoms with Gasteiger partial charge in [0.1, 0.15) is 12.6 Å². The molecule has 1 fully saturated rings. The Balaban J connectivity index is 1.68. The number of rotatable bonds is 7. The second kappa shape index (κ2) is 9.37. The molecule has 3 aromatic rings. The fourth-order valence-corrected chi connectivity index (χ4v) is 3.91. The van der Waals surface area contributed by atoms with Gasteiger partial charge in [0, 0.05) is 5.41 Å². The van der Waals surface area contributed by atoms with E-state index in [0.29, 0.717) is 0 Å². The molecule has 0 aliphatic carbocycles. The summed E-state index contributed by atoms with van der Waals surface area (Å²) in [5.74, 6) is -1.01. The first-order chi connectivity index (χ1) is 15.5. The standard InChI is InChI=1S/C27H27NO4/c1-27(2)18-31-26(30)24(27)32-25(29)23(21-16-10-5-11-17-21)28-22(19-12-6-3-7-13-19)20-14-8-4-9-15-20/h3-17,22-24,28H,18H2,1-2H3/t23-,24-/m0/s1. The van der Waals surface area contributed by atoms with Crippen LogP contribution in [0.25, 0.3) is 0 Å². The van der Waals surface area contributed by atoms with Gasteiger partial charge >= 0.3 is 11.9 Å². The number of carbonyl (C=O) groups excluding carboxylic acids is 2. The molecule has 0 aromatic heterocycles. The number of hydrogen-bond acceptors (Lipinski definition) is 5. The molecule has 5 heteroatoms. The summed E-state index contributed by atoms with van der Waals surface area (Å²) in [6, 6.07) is 28.3. The van der Waals surface area contributed by atoms with Gasteiger partial charge in [-0.25, -0.2) is 9.59 Å². The van der Waals surface area contributed by atoms with Gasteiger partial charge in [-0.2, -0.15) is 0 Å². The predicted octanol–water partition coefficient (Wildman–Crippen LogP) is 4.60. The minimum absolute atomic E-state index is 0.226. The van der Waals surface area contributed by atoms with Gasteiger partial charge in [0.15, 0.2) is 0 Å². The molecule has 0 bridgehead atoms. The average Bonchev–Trinajstić information content (AvgIpc) is 3.08. The van der Waals surface area contributed by atoms with E-state index in [0.717, 1.165) is 16.7 Å². The third-order valence-electron chi connectivity index (χ3n) is 5.71. The van der Waals surface area contributed by atoms with E-state index in [4.69, 9.17) is 9.47 Å².